The minimum Gasteiger partial charge on any atom is -0.409 e. The largest absolute Gasteiger partial charge is 0.409 e. The van der Waals surface area contributed by atoms with Crippen LogP contribution in [0, 0.1) is 6.92 Å². The highest BCUT2D eigenvalue weighted by atomic mass is 16.5. The molecular formula is C13H20N4O3. The predicted octanol–water partition coefficient (Wildman–Crippen LogP) is 0.615. The van der Waals surface area contributed by atoms with Crippen molar-refractivity contribution in [3.05, 3.63) is 29.6 Å². The highest BCUT2D eigenvalue weighted by Gasteiger charge is 2.17. The molecule has 110 valence electrons. The summed E-state index contributed by atoms with van der Waals surface area (Å²) in [6, 6.07) is 5.28. The van der Waals surface area contributed by atoms with Gasteiger partial charge in [0, 0.05) is 32.3 Å². The van der Waals surface area contributed by atoms with Gasteiger partial charge in [-0.1, -0.05) is 11.2 Å². The molecule has 0 bridgehead atoms. The molecule has 1 amide bonds. The molecule has 0 aliphatic carbocycles. The van der Waals surface area contributed by atoms with Crippen molar-refractivity contribution < 1.29 is 14.7 Å². The number of nitrogens with two attached hydrogens (primary N) is 1. The van der Waals surface area contributed by atoms with Crippen molar-refractivity contribution in [2.75, 3.05) is 26.8 Å². The molecule has 1 aromatic rings. The Balaban J connectivity index is 2.78. The number of ether oxygens (including phenoxy) is 1. The molecule has 0 saturated heterocycles. The smallest absolute Gasteiger partial charge is 0.272 e. The highest BCUT2D eigenvalue weighted by molar-refractivity contribution is 5.92. The van der Waals surface area contributed by atoms with Crippen LogP contribution in [0.1, 0.15) is 22.6 Å². The number of carbonyl (C=O) groups excluding carboxylic acids is 1. The SMILES string of the molecule is COCCN(CCC(N)=NO)C(=O)c1cccc(C)n1. The van der Waals surface area contributed by atoms with E-state index in [1.165, 1.54) is 0 Å². The van der Waals surface area contributed by atoms with Crippen LogP contribution in [0.5, 0.6) is 0 Å². The monoisotopic (exact) mass is 280 g/mol. The highest BCUT2D eigenvalue weighted by Crippen LogP contribution is 2.05. The molecule has 0 radical (unpaired) electrons. The first-order valence-corrected chi connectivity index (χ1v) is 6.26. The molecule has 0 atom stereocenters. The summed E-state index contributed by atoms with van der Waals surface area (Å²) in [5, 5.41) is 11.4. The third kappa shape index (κ3) is 4.85. The van der Waals surface area contributed by atoms with Crippen LogP contribution in [-0.4, -0.2) is 53.6 Å². The number of hydrogen-bond acceptors (Lipinski definition) is 5. The standard InChI is InChI=1S/C13H20N4O3/c1-10-4-3-5-11(15-10)13(18)17(8-9-20-2)7-6-12(14)16-19/h3-5,19H,6-9H2,1-2H3,(H2,14,16). The molecule has 0 saturated carbocycles. The van der Waals surface area contributed by atoms with Gasteiger partial charge in [-0.3, -0.25) is 4.79 Å². The molecule has 0 aliphatic rings. The van der Waals surface area contributed by atoms with Gasteiger partial charge in [-0.25, -0.2) is 4.98 Å². The first-order valence-electron chi connectivity index (χ1n) is 6.26. The second kappa shape index (κ2) is 8.11. The minimum absolute atomic E-state index is 0.0809. The van der Waals surface area contributed by atoms with E-state index in [0.717, 1.165) is 5.69 Å². The van der Waals surface area contributed by atoms with Gasteiger partial charge in [0.15, 0.2) is 0 Å². The van der Waals surface area contributed by atoms with Gasteiger partial charge >= 0.3 is 0 Å². The Morgan fingerprint density at radius 2 is 2.25 bits per heavy atom. The molecule has 1 heterocycles. The summed E-state index contributed by atoms with van der Waals surface area (Å²) in [6.45, 7) is 3.00. The van der Waals surface area contributed by atoms with Gasteiger partial charge in [-0.2, -0.15) is 0 Å². The average molecular weight is 280 g/mol. The molecule has 0 unspecified atom stereocenters. The normalized spacial score (nSPS) is 11.4. The fourth-order valence-corrected chi connectivity index (χ4v) is 1.64. The maximum atomic E-state index is 12.4. The number of oxime groups is 1. The zero-order valence-electron chi connectivity index (χ0n) is 11.7. The summed E-state index contributed by atoms with van der Waals surface area (Å²) >= 11 is 0. The number of methoxy groups -OCH3 is 1. The van der Waals surface area contributed by atoms with Crippen LogP contribution < -0.4 is 5.73 Å². The van der Waals surface area contributed by atoms with E-state index < -0.39 is 0 Å². The van der Waals surface area contributed by atoms with Gasteiger partial charge in [0.1, 0.15) is 11.5 Å². The zero-order chi connectivity index (χ0) is 15.0. The lowest BCUT2D eigenvalue weighted by Crippen LogP contribution is -2.37. The molecule has 0 fully saturated rings. The van der Waals surface area contributed by atoms with E-state index in [1.54, 1.807) is 24.1 Å². The lowest BCUT2D eigenvalue weighted by molar-refractivity contribution is 0.0694. The minimum atomic E-state index is -0.198. The maximum absolute atomic E-state index is 12.4. The number of hydrogen-bond donors (Lipinski definition) is 2. The summed E-state index contributed by atoms with van der Waals surface area (Å²) in [4.78, 5) is 18.1. The Morgan fingerprint density at radius 1 is 1.50 bits per heavy atom. The van der Waals surface area contributed by atoms with Crippen LogP contribution in [-0.2, 0) is 4.74 Å². The fraction of sp³-hybridized carbons (Fsp3) is 0.462. The summed E-state index contributed by atoms with van der Waals surface area (Å²) in [6.07, 6.45) is 0.289. The quantitative estimate of drug-likeness (QED) is 0.330. The van der Waals surface area contributed by atoms with Crippen molar-refractivity contribution in [1.29, 1.82) is 0 Å². The van der Waals surface area contributed by atoms with Crippen molar-refractivity contribution in [2.45, 2.75) is 13.3 Å². The second-order valence-electron chi connectivity index (χ2n) is 4.29. The third-order valence-electron chi connectivity index (χ3n) is 2.73. The van der Waals surface area contributed by atoms with Crippen molar-refractivity contribution in [3.63, 3.8) is 0 Å². The van der Waals surface area contributed by atoms with Crippen molar-refractivity contribution in [2.24, 2.45) is 10.9 Å². The summed E-state index contributed by atoms with van der Waals surface area (Å²) in [5.41, 5.74) is 6.58. The molecule has 1 rings (SSSR count). The number of aromatic nitrogens is 1. The molecule has 0 spiro atoms. The van der Waals surface area contributed by atoms with Crippen LogP contribution >= 0.6 is 0 Å². The lowest BCUT2D eigenvalue weighted by atomic mass is 10.2. The molecular weight excluding hydrogens is 260 g/mol. The number of rotatable bonds is 7. The van der Waals surface area contributed by atoms with Gasteiger partial charge in [0.2, 0.25) is 0 Å². The Kier molecular flexibility index (Phi) is 6.45. The van der Waals surface area contributed by atoms with Gasteiger partial charge in [0.05, 0.1) is 6.61 Å². The van der Waals surface area contributed by atoms with Crippen LogP contribution in [0.25, 0.3) is 0 Å². The zero-order valence-corrected chi connectivity index (χ0v) is 11.7. The first-order chi connectivity index (χ1) is 9.58. The van der Waals surface area contributed by atoms with Gasteiger partial charge in [-0.05, 0) is 19.1 Å². The molecule has 3 N–H and O–H groups in total. The Labute approximate surface area is 118 Å². The molecule has 0 aliphatic heterocycles. The lowest BCUT2D eigenvalue weighted by Gasteiger charge is -2.21. The van der Waals surface area contributed by atoms with Crippen LogP contribution in [0.4, 0.5) is 0 Å². The fourth-order valence-electron chi connectivity index (χ4n) is 1.64. The Bertz CT molecular complexity index is 476. The topological polar surface area (TPSA) is 101 Å². The van der Waals surface area contributed by atoms with Gasteiger partial charge in [-0.15, -0.1) is 0 Å². The summed E-state index contributed by atoms with van der Waals surface area (Å²) in [5.74, 6) is -0.117. The van der Waals surface area contributed by atoms with Crippen LogP contribution in [0.3, 0.4) is 0 Å². The first kappa shape index (κ1) is 15.9. The molecule has 7 heteroatoms. The molecule has 1 aromatic heterocycles. The van der Waals surface area contributed by atoms with E-state index in [-0.39, 0.29) is 18.2 Å². The third-order valence-corrected chi connectivity index (χ3v) is 2.73. The van der Waals surface area contributed by atoms with Gasteiger partial charge in [0.25, 0.3) is 5.91 Å². The Hall–Kier alpha value is -2.15. The Morgan fingerprint density at radius 3 is 2.85 bits per heavy atom. The van der Waals surface area contributed by atoms with Crippen LogP contribution in [0.15, 0.2) is 23.4 Å². The molecule has 7 nitrogen and oxygen atoms in total. The van der Waals surface area contributed by atoms with E-state index in [2.05, 4.69) is 10.1 Å². The number of carbonyl (C=O) groups is 1. The van der Waals surface area contributed by atoms with Crippen molar-refractivity contribution in [1.82, 2.24) is 9.88 Å². The van der Waals surface area contributed by atoms with E-state index in [1.807, 2.05) is 13.0 Å². The summed E-state index contributed by atoms with van der Waals surface area (Å²) < 4.78 is 4.99. The van der Waals surface area contributed by atoms with E-state index in [4.69, 9.17) is 15.7 Å². The number of aryl methyl sites for hydroxylation is 1. The van der Waals surface area contributed by atoms with E-state index in [9.17, 15) is 4.79 Å². The number of amidine groups is 1. The van der Waals surface area contributed by atoms with E-state index in [0.29, 0.717) is 25.4 Å². The van der Waals surface area contributed by atoms with Crippen LogP contribution in [0.2, 0.25) is 0 Å². The predicted molar refractivity (Wildman–Crippen MR) is 74.8 cm³/mol. The molecule has 0 aromatic carbocycles. The second-order valence-corrected chi connectivity index (χ2v) is 4.29. The number of amides is 1. The maximum Gasteiger partial charge on any atom is 0.272 e. The van der Waals surface area contributed by atoms with Crippen molar-refractivity contribution in [3.8, 4) is 0 Å². The van der Waals surface area contributed by atoms with E-state index >= 15 is 0 Å². The summed E-state index contributed by atoms with van der Waals surface area (Å²) in [7, 11) is 1.57. The van der Waals surface area contributed by atoms with Gasteiger partial charge < -0.3 is 20.6 Å². The number of nitrogens with zero attached hydrogens (tertiary/aromatic N) is 3. The average Bonchev–Trinajstić information content (AvgIpc) is 2.46. The number of pyridine rings is 1. The van der Waals surface area contributed by atoms with Crippen molar-refractivity contribution >= 4 is 11.7 Å². The molecule has 20 heavy (non-hydrogen) atoms.